The number of para-hydroxylation sites is 1. The zero-order valence-electron chi connectivity index (χ0n) is 16.2. The summed E-state index contributed by atoms with van der Waals surface area (Å²) < 4.78 is 21.9. The van der Waals surface area contributed by atoms with Crippen molar-refractivity contribution in [1.29, 1.82) is 0 Å². The van der Waals surface area contributed by atoms with Crippen LogP contribution in [-0.4, -0.2) is 32.4 Å². The third kappa shape index (κ3) is 3.93. The SMILES string of the molecule is CCOc1cccc2cc(/C(C)=N\NC(=O)c3ccc(OC)c(OC)c3)oc12. The van der Waals surface area contributed by atoms with Gasteiger partial charge in [0.15, 0.2) is 28.6 Å². The lowest BCUT2D eigenvalue weighted by Crippen LogP contribution is -2.19. The number of furan rings is 1. The Morgan fingerprint density at radius 3 is 2.57 bits per heavy atom. The van der Waals surface area contributed by atoms with E-state index in [1.165, 1.54) is 14.2 Å². The molecular formula is C21H22N2O5. The molecule has 0 unspecified atom stereocenters. The number of carbonyl (C=O) groups excluding carboxylic acids is 1. The van der Waals surface area contributed by atoms with E-state index in [0.29, 0.717) is 46.5 Å². The topological polar surface area (TPSA) is 82.3 Å². The van der Waals surface area contributed by atoms with Gasteiger partial charge < -0.3 is 18.6 Å². The van der Waals surface area contributed by atoms with Gasteiger partial charge in [0.25, 0.3) is 5.91 Å². The normalized spacial score (nSPS) is 11.4. The van der Waals surface area contributed by atoms with Gasteiger partial charge in [-0.2, -0.15) is 5.10 Å². The van der Waals surface area contributed by atoms with E-state index in [1.54, 1.807) is 25.1 Å². The number of fused-ring (bicyclic) bond motifs is 1. The number of rotatable bonds is 7. The van der Waals surface area contributed by atoms with Crippen LogP contribution >= 0.6 is 0 Å². The van der Waals surface area contributed by atoms with Gasteiger partial charge in [-0.1, -0.05) is 12.1 Å². The first kappa shape index (κ1) is 19.3. The highest BCUT2D eigenvalue weighted by Crippen LogP contribution is 2.29. The minimum Gasteiger partial charge on any atom is -0.493 e. The first-order valence-corrected chi connectivity index (χ1v) is 8.79. The van der Waals surface area contributed by atoms with Gasteiger partial charge in [0.1, 0.15) is 5.71 Å². The summed E-state index contributed by atoms with van der Waals surface area (Å²) in [7, 11) is 3.05. The number of benzene rings is 2. The maximum Gasteiger partial charge on any atom is 0.271 e. The standard InChI is InChI=1S/C21H22N2O5/c1-5-27-17-8-6-7-14-11-18(28-20(14)17)13(2)22-23-21(24)15-9-10-16(25-3)19(12-15)26-4/h6-12H,5H2,1-4H3,(H,23,24)/b22-13-. The number of carbonyl (C=O) groups is 1. The molecule has 28 heavy (non-hydrogen) atoms. The van der Waals surface area contributed by atoms with E-state index in [2.05, 4.69) is 10.5 Å². The Hall–Kier alpha value is -3.48. The van der Waals surface area contributed by atoms with E-state index < -0.39 is 0 Å². The second-order valence-corrected chi connectivity index (χ2v) is 5.93. The molecule has 1 heterocycles. The van der Waals surface area contributed by atoms with Crippen LogP contribution in [0.15, 0.2) is 52.0 Å². The third-order valence-corrected chi connectivity index (χ3v) is 4.14. The molecule has 0 atom stereocenters. The van der Waals surface area contributed by atoms with Crippen LogP contribution in [0.3, 0.4) is 0 Å². The molecule has 2 aromatic carbocycles. The Balaban J connectivity index is 1.79. The number of hydrazone groups is 1. The summed E-state index contributed by atoms with van der Waals surface area (Å²) in [4.78, 5) is 12.4. The first-order valence-electron chi connectivity index (χ1n) is 8.79. The number of hydrogen-bond donors (Lipinski definition) is 1. The average Bonchev–Trinajstić information content (AvgIpc) is 3.17. The first-order chi connectivity index (χ1) is 13.6. The minimum atomic E-state index is -0.369. The molecule has 0 saturated heterocycles. The van der Waals surface area contributed by atoms with Crippen LogP contribution in [0.5, 0.6) is 17.2 Å². The summed E-state index contributed by atoms with van der Waals surface area (Å²) in [5.74, 6) is 1.87. The number of amides is 1. The van der Waals surface area contributed by atoms with Crippen LogP contribution in [0.4, 0.5) is 0 Å². The van der Waals surface area contributed by atoms with Crippen LogP contribution in [-0.2, 0) is 0 Å². The van der Waals surface area contributed by atoms with E-state index in [-0.39, 0.29) is 5.91 Å². The van der Waals surface area contributed by atoms with E-state index >= 15 is 0 Å². The summed E-state index contributed by atoms with van der Waals surface area (Å²) in [6.07, 6.45) is 0. The van der Waals surface area contributed by atoms with Crippen molar-refractivity contribution in [3.63, 3.8) is 0 Å². The van der Waals surface area contributed by atoms with E-state index in [1.807, 2.05) is 31.2 Å². The van der Waals surface area contributed by atoms with Crippen molar-refractivity contribution in [2.24, 2.45) is 5.10 Å². The van der Waals surface area contributed by atoms with Crippen molar-refractivity contribution >= 4 is 22.6 Å². The smallest absolute Gasteiger partial charge is 0.271 e. The van der Waals surface area contributed by atoms with Gasteiger partial charge >= 0.3 is 0 Å². The number of nitrogens with zero attached hydrogens (tertiary/aromatic N) is 1. The van der Waals surface area contributed by atoms with Gasteiger partial charge in [0, 0.05) is 10.9 Å². The van der Waals surface area contributed by atoms with Crippen molar-refractivity contribution in [2.45, 2.75) is 13.8 Å². The van der Waals surface area contributed by atoms with Crippen molar-refractivity contribution in [3.05, 3.63) is 53.8 Å². The molecule has 7 nitrogen and oxygen atoms in total. The molecule has 0 aliphatic rings. The molecule has 0 aliphatic carbocycles. The van der Waals surface area contributed by atoms with Crippen molar-refractivity contribution in [1.82, 2.24) is 5.43 Å². The second kappa shape index (κ2) is 8.47. The zero-order valence-corrected chi connectivity index (χ0v) is 16.2. The molecule has 0 fully saturated rings. The molecule has 3 aromatic rings. The molecule has 0 spiro atoms. The fourth-order valence-corrected chi connectivity index (χ4v) is 2.72. The highest BCUT2D eigenvalue weighted by atomic mass is 16.5. The Bertz CT molecular complexity index is 1020. The zero-order chi connectivity index (χ0) is 20.1. The summed E-state index contributed by atoms with van der Waals surface area (Å²) in [6, 6.07) is 12.4. The predicted molar refractivity (Wildman–Crippen MR) is 107 cm³/mol. The lowest BCUT2D eigenvalue weighted by Gasteiger charge is -2.08. The molecule has 1 amide bonds. The molecule has 0 aliphatic heterocycles. The van der Waals surface area contributed by atoms with Crippen LogP contribution < -0.4 is 19.6 Å². The third-order valence-electron chi connectivity index (χ3n) is 4.14. The fourth-order valence-electron chi connectivity index (χ4n) is 2.72. The summed E-state index contributed by atoms with van der Waals surface area (Å²) in [5.41, 5.74) is 4.12. The van der Waals surface area contributed by atoms with E-state index in [4.69, 9.17) is 18.6 Å². The monoisotopic (exact) mass is 382 g/mol. The molecule has 0 bridgehead atoms. The van der Waals surface area contributed by atoms with Crippen LogP contribution in [0, 0.1) is 0 Å². The number of methoxy groups -OCH3 is 2. The molecule has 1 aromatic heterocycles. The molecule has 146 valence electrons. The van der Waals surface area contributed by atoms with Gasteiger partial charge in [-0.3, -0.25) is 4.79 Å². The van der Waals surface area contributed by atoms with Gasteiger partial charge in [-0.25, -0.2) is 5.43 Å². The average molecular weight is 382 g/mol. The van der Waals surface area contributed by atoms with Crippen molar-refractivity contribution in [3.8, 4) is 17.2 Å². The van der Waals surface area contributed by atoms with Gasteiger partial charge in [-0.05, 0) is 44.2 Å². The minimum absolute atomic E-state index is 0.369. The number of nitrogens with one attached hydrogen (secondary N) is 1. The van der Waals surface area contributed by atoms with Crippen LogP contribution in [0.1, 0.15) is 30.0 Å². The fraction of sp³-hybridized carbons (Fsp3) is 0.238. The maximum atomic E-state index is 12.4. The van der Waals surface area contributed by atoms with Crippen LogP contribution in [0.25, 0.3) is 11.0 Å². The van der Waals surface area contributed by atoms with Crippen molar-refractivity contribution in [2.75, 3.05) is 20.8 Å². The Morgan fingerprint density at radius 1 is 1.07 bits per heavy atom. The number of hydrogen-bond acceptors (Lipinski definition) is 6. The van der Waals surface area contributed by atoms with Gasteiger partial charge in [-0.15, -0.1) is 0 Å². The molecule has 0 radical (unpaired) electrons. The van der Waals surface area contributed by atoms with Crippen molar-refractivity contribution < 1.29 is 23.4 Å². The summed E-state index contributed by atoms with van der Waals surface area (Å²) >= 11 is 0. The molecule has 1 N–H and O–H groups in total. The maximum absolute atomic E-state index is 12.4. The largest absolute Gasteiger partial charge is 0.493 e. The second-order valence-electron chi connectivity index (χ2n) is 5.93. The predicted octanol–water partition coefficient (Wildman–Crippen LogP) is 4.00. The van der Waals surface area contributed by atoms with E-state index in [9.17, 15) is 4.79 Å². The quantitative estimate of drug-likeness (QED) is 0.493. The highest BCUT2D eigenvalue weighted by Gasteiger charge is 2.13. The van der Waals surface area contributed by atoms with Gasteiger partial charge in [0.2, 0.25) is 0 Å². The summed E-state index contributed by atoms with van der Waals surface area (Å²) in [6.45, 7) is 4.22. The molecule has 3 rings (SSSR count). The lowest BCUT2D eigenvalue weighted by atomic mass is 10.2. The number of ether oxygens (including phenoxy) is 3. The van der Waals surface area contributed by atoms with Crippen LogP contribution in [0.2, 0.25) is 0 Å². The Morgan fingerprint density at radius 2 is 1.86 bits per heavy atom. The highest BCUT2D eigenvalue weighted by molar-refractivity contribution is 6.02. The Labute approximate surface area is 162 Å². The van der Waals surface area contributed by atoms with E-state index in [0.717, 1.165) is 5.39 Å². The molecule has 7 heteroatoms. The Kier molecular flexibility index (Phi) is 5.84. The molecule has 0 saturated carbocycles. The molecular weight excluding hydrogens is 360 g/mol. The van der Waals surface area contributed by atoms with Gasteiger partial charge in [0.05, 0.1) is 20.8 Å². The summed E-state index contributed by atoms with van der Waals surface area (Å²) in [5, 5.41) is 5.05. The lowest BCUT2D eigenvalue weighted by molar-refractivity contribution is 0.0954.